The second kappa shape index (κ2) is 7.98. The van der Waals surface area contributed by atoms with Gasteiger partial charge in [-0.3, -0.25) is 4.79 Å². The molecule has 0 aliphatic carbocycles. The van der Waals surface area contributed by atoms with Crippen molar-refractivity contribution in [1.82, 2.24) is 0 Å². The minimum Gasteiger partial charge on any atom is -0.466 e. The van der Waals surface area contributed by atoms with Crippen LogP contribution in [-0.2, 0) is 15.1 Å². The number of hydrogen-bond donors (Lipinski definition) is 1. The largest absolute Gasteiger partial charge is 0.466 e. The fourth-order valence-corrected chi connectivity index (χ4v) is 2.48. The van der Waals surface area contributed by atoms with Crippen molar-refractivity contribution in [3.8, 4) is 6.07 Å². The zero-order valence-corrected chi connectivity index (χ0v) is 13.7. The Labute approximate surface area is 142 Å². The van der Waals surface area contributed by atoms with Crippen LogP contribution in [0, 0.1) is 11.3 Å². The van der Waals surface area contributed by atoms with Crippen molar-refractivity contribution in [3.63, 3.8) is 0 Å². The van der Waals surface area contributed by atoms with Gasteiger partial charge in [-0.1, -0.05) is 55.1 Å². The average molecular weight is 320 g/mol. The number of rotatable bonds is 7. The number of para-hydroxylation sites is 1. The van der Waals surface area contributed by atoms with E-state index in [1.54, 1.807) is 6.92 Å². The number of nitrogens with one attached hydrogen (secondary N) is 1. The van der Waals surface area contributed by atoms with E-state index in [2.05, 4.69) is 18.0 Å². The van der Waals surface area contributed by atoms with Gasteiger partial charge in [0, 0.05) is 5.69 Å². The van der Waals surface area contributed by atoms with Crippen LogP contribution in [0.3, 0.4) is 0 Å². The molecule has 0 amide bonds. The van der Waals surface area contributed by atoms with E-state index in [0.29, 0.717) is 12.2 Å². The van der Waals surface area contributed by atoms with Gasteiger partial charge in [0.25, 0.3) is 0 Å². The molecule has 2 aromatic carbocycles. The lowest BCUT2D eigenvalue weighted by molar-refractivity contribution is -0.142. The summed E-state index contributed by atoms with van der Waals surface area (Å²) >= 11 is 0. The predicted octanol–water partition coefficient (Wildman–Crippen LogP) is 4.03. The highest BCUT2D eigenvalue weighted by Gasteiger charge is 2.36. The van der Waals surface area contributed by atoms with Gasteiger partial charge in [-0.05, 0) is 30.2 Å². The Kier molecular flexibility index (Phi) is 5.75. The molecular formula is C20H20N2O2. The highest BCUT2D eigenvalue weighted by Crippen LogP contribution is 2.34. The SMILES string of the molecule is C=C(CC(=O)OCC)C(C#N)(Nc1ccccc1)c1ccccc1. The predicted molar refractivity (Wildman–Crippen MR) is 94.2 cm³/mol. The molecule has 0 heterocycles. The van der Waals surface area contributed by atoms with Crippen molar-refractivity contribution in [2.45, 2.75) is 18.9 Å². The molecule has 0 aliphatic rings. The lowest BCUT2D eigenvalue weighted by atomic mass is 9.82. The number of nitriles is 1. The molecule has 0 radical (unpaired) electrons. The fourth-order valence-electron chi connectivity index (χ4n) is 2.48. The van der Waals surface area contributed by atoms with Gasteiger partial charge in [0.1, 0.15) is 6.07 Å². The Morgan fingerprint density at radius 1 is 1.17 bits per heavy atom. The highest BCUT2D eigenvalue weighted by molar-refractivity contribution is 5.74. The summed E-state index contributed by atoms with van der Waals surface area (Å²) < 4.78 is 5.00. The molecule has 2 rings (SSSR count). The van der Waals surface area contributed by atoms with Gasteiger partial charge in [0.15, 0.2) is 5.54 Å². The number of anilines is 1. The van der Waals surface area contributed by atoms with Crippen LogP contribution < -0.4 is 5.32 Å². The smallest absolute Gasteiger partial charge is 0.310 e. The van der Waals surface area contributed by atoms with Crippen molar-refractivity contribution in [2.24, 2.45) is 0 Å². The molecule has 0 saturated heterocycles. The molecule has 0 saturated carbocycles. The summed E-state index contributed by atoms with van der Waals surface area (Å²) in [5, 5.41) is 13.2. The lowest BCUT2D eigenvalue weighted by Crippen LogP contribution is -2.36. The average Bonchev–Trinajstić information content (AvgIpc) is 2.61. The highest BCUT2D eigenvalue weighted by atomic mass is 16.5. The molecule has 1 unspecified atom stereocenters. The second-order valence-corrected chi connectivity index (χ2v) is 5.30. The Morgan fingerprint density at radius 3 is 2.29 bits per heavy atom. The number of esters is 1. The van der Waals surface area contributed by atoms with E-state index < -0.39 is 11.5 Å². The van der Waals surface area contributed by atoms with Crippen molar-refractivity contribution >= 4 is 11.7 Å². The molecule has 2 aromatic rings. The third-order valence-electron chi connectivity index (χ3n) is 3.67. The number of carbonyl (C=O) groups is 1. The van der Waals surface area contributed by atoms with Crippen LogP contribution in [0.5, 0.6) is 0 Å². The van der Waals surface area contributed by atoms with Crippen LogP contribution in [0.2, 0.25) is 0 Å². The number of ether oxygens (including phenoxy) is 1. The van der Waals surface area contributed by atoms with Crippen LogP contribution in [0.25, 0.3) is 0 Å². The Bertz CT molecular complexity index is 735. The monoisotopic (exact) mass is 320 g/mol. The van der Waals surface area contributed by atoms with Crippen molar-refractivity contribution in [1.29, 1.82) is 5.26 Å². The molecule has 0 aliphatic heterocycles. The molecule has 0 spiro atoms. The van der Waals surface area contributed by atoms with E-state index in [0.717, 1.165) is 11.3 Å². The van der Waals surface area contributed by atoms with Crippen LogP contribution in [-0.4, -0.2) is 12.6 Å². The number of nitrogens with zero attached hydrogens (tertiary/aromatic N) is 1. The van der Waals surface area contributed by atoms with Crippen LogP contribution in [0.1, 0.15) is 18.9 Å². The van der Waals surface area contributed by atoms with Gasteiger partial charge < -0.3 is 10.1 Å². The molecule has 0 aromatic heterocycles. The molecule has 0 bridgehead atoms. The van der Waals surface area contributed by atoms with E-state index in [9.17, 15) is 10.1 Å². The zero-order valence-electron chi connectivity index (χ0n) is 13.7. The summed E-state index contributed by atoms with van der Waals surface area (Å²) in [6, 6.07) is 21.0. The van der Waals surface area contributed by atoms with Gasteiger partial charge >= 0.3 is 5.97 Å². The maximum Gasteiger partial charge on any atom is 0.310 e. The number of carbonyl (C=O) groups excluding carboxylic acids is 1. The van der Waals surface area contributed by atoms with E-state index >= 15 is 0 Å². The first kappa shape index (κ1) is 17.3. The van der Waals surface area contributed by atoms with E-state index in [-0.39, 0.29) is 6.42 Å². The van der Waals surface area contributed by atoms with Crippen LogP contribution >= 0.6 is 0 Å². The third kappa shape index (κ3) is 3.82. The van der Waals surface area contributed by atoms with Gasteiger partial charge in [0.2, 0.25) is 0 Å². The standard InChI is InChI=1S/C20H20N2O2/c1-3-24-19(23)14-16(2)20(15-21,17-10-6-4-7-11-17)22-18-12-8-5-9-13-18/h4-13,22H,2-3,14H2,1H3. The van der Waals surface area contributed by atoms with Crippen molar-refractivity contribution in [3.05, 3.63) is 78.4 Å². The molecule has 4 heteroatoms. The molecule has 24 heavy (non-hydrogen) atoms. The first-order valence-corrected chi connectivity index (χ1v) is 7.76. The molecule has 1 atom stereocenters. The maximum absolute atomic E-state index is 11.9. The summed E-state index contributed by atoms with van der Waals surface area (Å²) in [5.74, 6) is -0.395. The number of hydrogen-bond acceptors (Lipinski definition) is 4. The quantitative estimate of drug-likeness (QED) is 0.618. The zero-order chi connectivity index (χ0) is 17.4. The topological polar surface area (TPSA) is 62.1 Å². The lowest BCUT2D eigenvalue weighted by Gasteiger charge is -2.31. The molecule has 1 N–H and O–H groups in total. The fraction of sp³-hybridized carbons (Fsp3) is 0.200. The second-order valence-electron chi connectivity index (χ2n) is 5.30. The summed E-state index contributed by atoms with van der Waals surface area (Å²) in [4.78, 5) is 11.9. The maximum atomic E-state index is 11.9. The first-order chi connectivity index (χ1) is 11.6. The van der Waals surface area contributed by atoms with Crippen LogP contribution in [0.15, 0.2) is 72.8 Å². The summed E-state index contributed by atoms with van der Waals surface area (Å²) in [6.45, 7) is 6.05. The van der Waals surface area contributed by atoms with Gasteiger partial charge in [-0.25, -0.2) is 0 Å². The Hall–Kier alpha value is -3.06. The summed E-state index contributed by atoms with van der Waals surface area (Å²) in [7, 11) is 0. The van der Waals surface area contributed by atoms with Gasteiger partial charge in [0.05, 0.1) is 13.0 Å². The molecular weight excluding hydrogens is 300 g/mol. The first-order valence-electron chi connectivity index (χ1n) is 7.76. The molecule has 0 fully saturated rings. The number of benzene rings is 2. The van der Waals surface area contributed by atoms with E-state index in [1.807, 2.05) is 60.7 Å². The van der Waals surface area contributed by atoms with Gasteiger partial charge in [-0.2, -0.15) is 5.26 Å². The minimum absolute atomic E-state index is 0.0316. The Morgan fingerprint density at radius 2 is 1.75 bits per heavy atom. The minimum atomic E-state index is -1.21. The van der Waals surface area contributed by atoms with Crippen LogP contribution in [0.4, 0.5) is 5.69 Å². The third-order valence-corrected chi connectivity index (χ3v) is 3.67. The van der Waals surface area contributed by atoms with Gasteiger partial charge in [-0.15, -0.1) is 0 Å². The Balaban J connectivity index is 2.42. The van der Waals surface area contributed by atoms with Crippen molar-refractivity contribution in [2.75, 3.05) is 11.9 Å². The van der Waals surface area contributed by atoms with E-state index in [4.69, 9.17) is 4.74 Å². The van der Waals surface area contributed by atoms with Crippen molar-refractivity contribution < 1.29 is 9.53 Å². The molecule has 4 nitrogen and oxygen atoms in total. The summed E-state index contributed by atoms with van der Waals surface area (Å²) in [6.07, 6.45) is -0.0316. The summed E-state index contributed by atoms with van der Waals surface area (Å²) in [5.41, 5.74) is 0.729. The van der Waals surface area contributed by atoms with E-state index in [1.165, 1.54) is 0 Å². The molecule has 122 valence electrons. The normalized spacial score (nSPS) is 12.5.